The molecule has 1 aromatic carbocycles. The van der Waals surface area contributed by atoms with Gasteiger partial charge in [-0.15, -0.1) is 0 Å². The summed E-state index contributed by atoms with van der Waals surface area (Å²) in [4.78, 5) is 23.0. The largest absolute Gasteiger partial charge is 0.388 e. The number of hydrogen-bond acceptors (Lipinski definition) is 3. The molecule has 1 heterocycles. The fraction of sp³-hybridized carbons (Fsp3) is 0.273. The van der Waals surface area contributed by atoms with Gasteiger partial charge in [-0.3, -0.25) is 10.1 Å². The standard InChI is InChI=1S/C11H9FN2O3/c12-5-1-2-6-7(3-5)11(4-8(6)15)9(16)13-10(17)14-11/h1-3,8,15H,4H2,(H2,13,14,16,17). The monoisotopic (exact) mass is 236 g/mol. The molecule has 3 rings (SSSR count). The van der Waals surface area contributed by atoms with E-state index < -0.39 is 29.4 Å². The highest BCUT2D eigenvalue weighted by atomic mass is 19.1. The molecular formula is C11H9FN2O3. The van der Waals surface area contributed by atoms with Crippen LogP contribution in [0.4, 0.5) is 9.18 Å². The first kappa shape index (κ1) is 10.2. The molecule has 3 amide bonds. The summed E-state index contributed by atoms with van der Waals surface area (Å²) in [6, 6.07) is 3.20. The van der Waals surface area contributed by atoms with Gasteiger partial charge in [0.05, 0.1) is 6.10 Å². The van der Waals surface area contributed by atoms with Crippen LogP contribution in [-0.2, 0) is 10.3 Å². The van der Waals surface area contributed by atoms with Gasteiger partial charge < -0.3 is 10.4 Å². The van der Waals surface area contributed by atoms with Gasteiger partial charge in [0.15, 0.2) is 0 Å². The molecule has 1 spiro atoms. The maximum absolute atomic E-state index is 13.2. The lowest BCUT2D eigenvalue weighted by molar-refractivity contribution is -0.124. The van der Waals surface area contributed by atoms with E-state index in [2.05, 4.69) is 10.6 Å². The molecule has 1 aliphatic heterocycles. The smallest absolute Gasteiger partial charge is 0.322 e. The van der Waals surface area contributed by atoms with Crippen molar-refractivity contribution >= 4 is 11.9 Å². The first-order chi connectivity index (χ1) is 8.03. The lowest BCUT2D eigenvalue weighted by atomic mass is 9.92. The molecule has 2 aliphatic rings. The van der Waals surface area contributed by atoms with Crippen LogP contribution in [0.1, 0.15) is 23.7 Å². The number of halogens is 1. The maximum atomic E-state index is 13.2. The lowest BCUT2D eigenvalue weighted by Crippen LogP contribution is -2.41. The first-order valence-electron chi connectivity index (χ1n) is 5.14. The maximum Gasteiger partial charge on any atom is 0.322 e. The lowest BCUT2D eigenvalue weighted by Gasteiger charge is -2.20. The van der Waals surface area contributed by atoms with Gasteiger partial charge in [-0.05, 0) is 23.3 Å². The minimum atomic E-state index is -1.33. The van der Waals surface area contributed by atoms with E-state index in [0.717, 1.165) is 0 Å². The minimum Gasteiger partial charge on any atom is -0.388 e. The van der Waals surface area contributed by atoms with Crippen LogP contribution >= 0.6 is 0 Å². The molecule has 0 aromatic heterocycles. The summed E-state index contributed by atoms with van der Waals surface area (Å²) in [6.45, 7) is 0. The summed E-state index contributed by atoms with van der Waals surface area (Å²) >= 11 is 0. The van der Waals surface area contributed by atoms with Crippen molar-refractivity contribution in [1.29, 1.82) is 0 Å². The van der Waals surface area contributed by atoms with Crippen LogP contribution in [0, 0.1) is 5.82 Å². The molecule has 17 heavy (non-hydrogen) atoms. The van der Waals surface area contributed by atoms with Crippen LogP contribution in [0.3, 0.4) is 0 Å². The van der Waals surface area contributed by atoms with E-state index >= 15 is 0 Å². The van der Waals surface area contributed by atoms with Crippen LogP contribution in [0.5, 0.6) is 0 Å². The summed E-state index contributed by atoms with van der Waals surface area (Å²) in [5.41, 5.74) is -0.523. The molecule has 3 N–H and O–H groups in total. The number of amides is 3. The number of carbonyl (C=O) groups is 2. The van der Waals surface area contributed by atoms with Crippen molar-refractivity contribution in [1.82, 2.24) is 10.6 Å². The molecule has 0 radical (unpaired) electrons. The number of rotatable bonds is 0. The number of fused-ring (bicyclic) bond motifs is 2. The van der Waals surface area contributed by atoms with Crippen molar-refractivity contribution in [3.8, 4) is 0 Å². The van der Waals surface area contributed by atoms with Crippen LogP contribution < -0.4 is 10.6 Å². The molecule has 1 aliphatic carbocycles. The van der Waals surface area contributed by atoms with Gasteiger partial charge in [-0.25, -0.2) is 9.18 Å². The molecule has 1 saturated heterocycles. The van der Waals surface area contributed by atoms with Crippen LogP contribution in [0.25, 0.3) is 0 Å². The summed E-state index contributed by atoms with van der Waals surface area (Å²) < 4.78 is 13.2. The Labute approximate surface area is 95.6 Å². The van der Waals surface area contributed by atoms with Gasteiger partial charge in [-0.1, -0.05) is 6.07 Å². The molecule has 88 valence electrons. The summed E-state index contributed by atoms with van der Waals surface area (Å²) in [7, 11) is 0. The Hall–Kier alpha value is -1.95. The molecule has 1 fully saturated rings. The number of hydrogen-bond donors (Lipinski definition) is 3. The summed E-state index contributed by atoms with van der Waals surface area (Å²) in [5.74, 6) is -1.06. The number of aliphatic hydroxyl groups excluding tert-OH is 1. The molecule has 5 nitrogen and oxygen atoms in total. The van der Waals surface area contributed by atoms with Gasteiger partial charge in [0.25, 0.3) is 5.91 Å². The summed E-state index contributed by atoms with van der Waals surface area (Å²) in [5, 5.41) is 14.4. The Morgan fingerprint density at radius 2 is 2.18 bits per heavy atom. The van der Waals surface area contributed by atoms with Crippen molar-refractivity contribution in [2.45, 2.75) is 18.1 Å². The van der Waals surface area contributed by atoms with Crippen LogP contribution in [0.15, 0.2) is 18.2 Å². The number of aliphatic hydroxyl groups is 1. The van der Waals surface area contributed by atoms with E-state index in [-0.39, 0.29) is 6.42 Å². The average Bonchev–Trinajstić information content (AvgIpc) is 2.67. The third kappa shape index (κ3) is 1.21. The molecule has 2 unspecified atom stereocenters. The van der Waals surface area contributed by atoms with Gasteiger partial charge >= 0.3 is 6.03 Å². The zero-order valence-electron chi connectivity index (χ0n) is 8.66. The highest BCUT2D eigenvalue weighted by Gasteiger charge is 2.54. The highest BCUT2D eigenvalue weighted by molar-refractivity contribution is 6.08. The molecule has 0 bridgehead atoms. The Morgan fingerprint density at radius 1 is 1.41 bits per heavy atom. The Morgan fingerprint density at radius 3 is 2.82 bits per heavy atom. The van der Waals surface area contributed by atoms with Crippen LogP contribution in [0.2, 0.25) is 0 Å². The number of imide groups is 1. The predicted octanol–water partition coefficient (Wildman–Crippen LogP) is 0.298. The van der Waals surface area contributed by atoms with Crippen molar-refractivity contribution < 1.29 is 19.1 Å². The minimum absolute atomic E-state index is 0.0311. The quantitative estimate of drug-likeness (QED) is 0.567. The zero-order valence-corrected chi connectivity index (χ0v) is 8.66. The van der Waals surface area contributed by atoms with Gasteiger partial charge in [-0.2, -0.15) is 0 Å². The molecular weight excluding hydrogens is 227 g/mol. The highest BCUT2D eigenvalue weighted by Crippen LogP contribution is 2.44. The van der Waals surface area contributed by atoms with Crippen molar-refractivity contribution in [3.05, 3.63) is 35.1 Å². The van der Waals surface area contributed by atoms with E-state index in [1.807, 2.05) is 0 Å². The van der Waals surface area contributed by atoms with E-state index in [4.69, 9.17) is 0 Å². The number of benzene rings is 1. The third-order valence-electron chi connectivity index (χ3n) is 3.28. The first-order valence-corrected chi connectivity index (χ1v) is 5.14. The fourth-order valence-electron chi connectivity index (χ4n) is 2.52. The Balaban J connectivity index is 2.21. The summed E-state index contributed by atoms with van der Waals surface area (Å²) in [6.07, 6.45) is -0.849. The number of urea groups is 1. The van der Waals surface area contributed by atoms with Crippen molar-refractivity contribution in [2.75, 3.05) is 0 Å². The average molecular weight is 236 g/mol. The van der Waals surface area contributed by atoms with Gasteiger partial charge in [0, 0.05) is 6.42 Å². The van der Waals surface area contributed by atoms with E-state index in [9.17, 15) is 19.1 Å². The van der Waals surface area contributed by atoms with E-state index in [0.29, 0.717) is 11.1 Å². The van der Waals surface area contributed by atoms with Gasteiger partial charge in [0.1, 0.15) is 11.4 Å². The van der Waals surface area contributed by atoms with E-state index in [1.165, 1.54) is 18.2 Å². The number of nitrogens with one attached hydrogen (secondary N) is 2. The van der Waals surface area contributed by atoms with Crippen molar-refractivity contribution in [3.63, 3.8) is 0 Å². The fourth-order valence-corrected chi connectivity index (χ4v) is 2.52. The number of carbonyl (C=O) groups excluding carboxylic acids is 2. The third-order valence-corrected chi connectivity index (χ3v) is 3.28. The zero-order chi connectivity index (χ0) is 12.2. The predicted molar refractivity (Wildman–Crippen MR) is 54.3 cm³/mol. The second-order valence-corrected chi connectivity index (χ2v) is 4.27. The van der Waals surface area contributed by atoms with Gasteiger partial charge in [0.2, 0.25) is 0 Å². The van der Waals surface area contributed by atoms with Crippen molar-refractivity contribution in [2.24, 2.45) is 0 Å². The van der Waals surface area contributed by atoms with Crippen LogP contribution in [-0.4, -0.2) is 17.0 Å². The second-order valence-electron chi connectivity index (χ2n) is 4.27. The Bertz CT molecular complexity index is 546. The SMILES string of the molecule is O=C1NC(=O)C2(CC(O)c3ccc(F)cc32)N1. The van der Waals surface area contributed by atoms with E-state index in [1.54, 1.807) is 0 Å². The topological polar surface area (TPSA) is 78.4 Å². The Kier molecular flexibility index (Phi) is 1.83. The molecule has 0 saturated carbocycles. The molecule has 6 heteroatoms. The molecule has 2 atom stereocenters. The normalized spacial score (nSPS) is 30.4. The second kappa shape index (κ2) is 3.04. The molecule has 1 aromatic rings.